The molecule has 0 radical (unpaired) electrons. The minimum atomic E-state index is 0. The minimum Gasteiger partial charge on any atom is -0.357 e. The minimum absolute atomic E-state index is 0. The van der Waals surface area contributed by atoms with Crippen LogP contribution in [0.3, 0.4) is 0 Å². The Kier molecular flexibility index (Phi) is 11.1. The van der Waals surface area contributed by atoms with E-state index in [4.69, 9.17) is 0 Å². The van der Waals surface area contributed by atoms with E-state index in [0.29, 0.717) is 12.1 Å². The van der Waals surface area contributed by atoms with E-state index >= 15 is 0 Å². The van der Waals surface area contributed by atoms with Crippen molar-refractivity contribution >= 4 is 47.2 Å². The van der Waals surface area contributed by atoms with Crippen LogP contribution in [0, 0.1) is 0 Å². The number of halogens is 1. The zero-order valence-corrected chi connectivity index (χ0v) is 20.1. The van der Waals surface area contributed by atoms with Crippen LogP contribution in [0.1, 0.15) is 40.5 Å². The molecule has 0 aliphatic rings. The molecule has 2 rings (SSSR count). The first-order valence-corrected chi connectivity index (χ1v) is 10.2. The highest BCUT2D eigenvalue weighted by molar-refractivity contribution is 14.0. The smallest absolute Gasteiger partial charge is 0.253 e. The summed E-state index contributed by atoms with van der Waals surface area (Å²) < 4.78 is 0. The third-order valence-corrected chi connectivity index (χ3v) is 4.97. The van der Waals surface area contributed by atoms with Gasteiger partial charge in [-0.25, -0.2) is 9.98 Å². The number of aromatic nitrogens is 1. The summed E-state index contributed by atoms with van der Waals surface area (Å²) in [5.74, 6) is 0.804. The molecule has 0 aliphatic heterocycles. The number of benzene rings is 1. The maximum absolute atomic E-state index is 12.1. The molecule has 1 amide bonds. The number of aryl methyl sites for hydroxylation is 1. The van der Waals surface area contributed by atoms with Gasteiger partial charge in [0, 0.05) is 38.1 Å². The molecule has 2 N–H and O–H groups in total. The van der Waals surface area contributed by atoms with Crippen LogP contribution >= 0.6 is 35.3 Å². The first kappa shape index (κ1) is 24.4. The maximum Gasteiger partial charge on any atom is 0.253 e. The molecule has 0 bridgehead atoms. The summed E-state index contributed by atoms with van der Waals surface area (Å²) >= 11 is 1.68. The van der Waals surface area contributed by atoms with Crippen molar-refractivity contribution in [3.05, 3.63) is 51.5 Å². The summed E-state index contributed by atoms with van der Waals surface area (Å²) in [6.07, 6.45) is 1.78. The highest BCUT2D eigenvalue weighted by Crippen LogP contribution is 2.11. The van der Waals surface area contributed by atoms with E-state index in [1.807, 2.05) is 31.2 Å². The second-order valence-corrected chi connectivity index (χ2v) is 7.30. The highest BCUT2D eigenvalue weighted by Gasteiger charge is 2.08. The van der Waals surface area contributed by atoms with Gasteiger partial charge < -0.3 is 15.5 Å². The molecule has 0 fully saturated rings. The molecule has 1 aromatic carbocycles. The lowest BCUT2D eigenvalue weighted by Gasteiger charge is -2.13. The Morgan fingerprint density at radius 1 is 1.25 bits per heavy atom. The van der Waals surface area contributed by atoms with Crippen molar-refractivity contribution in [2.45, 2.75) is 33.2 Å². The number of rotatable bonds is 8. The lowest BCUT2D eigenvalue weighted by Crippen LogP contribution is -2.38. The van der Waals surface area contributed by atoms with Crippen LogP contribution in [0.2, 0.25) is 0 Å². The van der Waals surface area contributed by atoms with Gasteiger partial charge in [0.15, 0.2) is 5.96 Å². The quantitative estimate of drug-likeness (QED) is 0.322. The third-order valence-electron chi connectivity index (χ3n) is 3.93. The lowest BCUT2D eigenvalue weighted by molar-refractivity contribution is 0.0827. The van der Waals surface area contributed by atoms with E-state index in [0.717, 1.165) is 48.2 Å². The standard InChI is InChI=1S/C20H29N5OS.HI/c1-5-18-24-17(14-27-18)13-23-20(21-6-2)22-11-10-15-8-7-9-16(12-15)19(26)25(3)4;/h7-9,12,14H,5-6,10-11,13H2,1-4H3,(H2,21,22,23);1H. The molecule has 2 aromatic rings. The van der Waals surface area contributed by atoms with Crippen LogP contribution < -0.4 is 10.6 Å². The Morgan fingerprint density at radius 2 is 2.04 bits per heavy atom. The molecule has 0 unspecified atom stereocenters. The van der Waals surface area contributed by atoms with Crippen LogP contribution in [0.4, 0.5) is 0 Å². The van der Waals surface area contributed by atoms with Crippen molar-refractivity contribution in [1.82, 2.24) is 20.5 Å². The van der Waals surface area contributed by atoms with Crippen LogP contribution in [0.15, 0.2) is 34.6 Å². The SMILES string of the molecule is CCNC(=NCc1csc(CC)n1)NCCc1cccc(C(=O)N(C)C)c1.I. The summed E-state index contributed by atoms with van der Waals surface area (Å²) in [6.45, 7) is 6.27. The number of thiazole rings is 1. The normalized spacial score (nSPS) is 10.9. The molecular formula is C20H30IN5OS. The Balaban J connectivity index is 0.00000392. The van der Waals surface area contributed by atoms with Gasteiger partial charge in [-0.1, -0.05) is 19.1 Å². The van der Waals surface area contributed by atoms with E-state index in [2.05, 4.69) is 32.9 Å². The molecule has 0 atom stereocenters. The monoisotopic (exact) mass is 515 g/mol. The molecule has 6 nitrogen and oxygen atoms in total. The summed E-state index contributed by atoms with van der Waals surface area (Å²) in [5.41, 5.74) is 2.84. The number of carbonyl (C=O) groups is 1. The number of hydrogen-bond donors (Lipinski definition) is 2. The van der Waals surface area contributed by atoms with Crippen LogP contribution in [-0.4, -0.2) is 48.9 Å². The van der Waals surface area contributed by atoms with Crippen molar-refractivity contribution in [1.29, 1.82) is 0 Å². The zero-order chi connectivity index (χ0) is 19.6. The summed E-state index contributed by atoms with van der Waals surface area (Å²) in [6, 6.07) is 7.78. The topological polar surface area (TPSA) is 69.6 Å². The van der Waals surface area contributed by atoms with E-state index in [1.54, 1.807) is 30.3 Å². The van der Waals surface area contributed by atoms with Gasteiger partial charge in [-0.15, -0.1) is 35.3 Å². The number of aliphatic imine (C=N–C) groups is 1. The number of carbonyl (C=O) groups excluding carboxylic acids is 1. The van der Waals surface area contributed by atoms with Crippen LogP contribution in [-0.2, 0) is 19.4 Å². The summed E-state index contributed by atoms with van der Waals surface area (Å²) in [5, 5.41) is 9.82. The fourth-order valence-electron chi connectivity index (χ4n) is 2.53. The first-order valence-electron chi connectivity index (χ1n) is 9.29. The third kappa shape index (κ3) is 7.75. The molecule has 0 saturated heterocycles. The fraction of sp³-hybridized carbons (Fsp3) is 0.450. The average Bonchev–Trinajstić information content (AvgIpc) is 3.13. The van der Waals surface area contributed by atoms with E-state index < -0.39 is 0 Å². The van der Waals surface area contributed by atoms with Crippen molar-refractivity contribution in [3.63, 3.8) is 0 Å². The predicted molar refractivity (Wildman–Crippen MR) is 128 cm³/mol. The number of guanidine groups is 1. The van der Waals surface area contributed by atoms with E-state index in [1.165, 1.54) is 0 Å². The molecule has 0 spiro atoms. The Labute approximate surface area is 188 Å². The molecule has 1 aromatic heterocycles. The Hall–Kier alpha value is -1.68. The van der Waals surface area contributed by atoms with E-state index in [9.17, 15) is 4.79 Å². The van der Waals surface area contributed by atoms with Crippen molar-refractivity contribution in [2.24, 2.45) is 4.99 Å². The van der Waals surface area contributed by atoms with Gasteiger partial charge in [0.1, 0.15) is 0 Å². The number of hydrogen-bond acceptors (Lipinski definition) is 4. The molecule has 1 heterocycles. The lowest BCUT2D eigenvalue weighted by atomic mass is 10.1. The van der Waals surface area contributed by atoms with Crippen LogP contribution in [0.25, 0.3) is 0 Å². The maximum atomic E-state index is 12.1. The van der Waals surface area contributed by atoms with Crippen LogP contribution in [0.5, 0.6) is 0 Å². The summed E-state index contributed by atoms with van der Waals surface area (Å²) in [4.78, 5) is 22.8. The van der Waals surface area contributed by atoms with Gasteiger partial charge in [-0.05, 0) is 37.5 Å². The molecule has 154 valence electrons. The molecule has 8 heteroatoms. The molecular weight excluding hydrogens is 485 g/mol. The van der Waals surface area contributed by atoms with Gasteiger partial charge in [0.2, 0.25) is 0 Å². The zero-order valence-electron chi connectivity index (χ0n) is 17.0. The van der Waals surface area contributed by atoms with Gasteiger partial charge in [-0.2, -0.15) is 0 Å². The average molecular weight is 515 g/mol. The number of nitrogens with zero attached hydrogens (tertiary/aromatic N) is 3. The fourth-order valence-corrected chi connectivity index (χ4v) is 3.26. The predicted octanol–water partition coefficient (Wildman–Crippen LogP) is 3.32. The number of nitrogens with one attached hydrogen (secondary N) is 2. The van der Waals surface area contributed by atoms with Gasteiger partial charge in [0.05, 0.1) is 17.2 Å². The van der Waals surface area contributed by atoms with Crippen molar-refractivity contribution in [3.8, 4) is 0 Å². The first-order chi connectivity index (χ1) is 13.0. The van der Waals surface area contributed by atoms with Crippen molar-refractivity contribution < 1.29 is 4.79 Å². The second kappa shape index (κ2) is 12.7. The molecule has 0 aliphatic carbocycles. The molecule has 0 saturated carbocycles. The molecule has 28 heavy (non-hydrogen) atoms. The number of amides is 1. The second-order valence-electron chi connectivity index (χ2n) is 6.36. The van der Waals surface area contributed by atoms with E-state index in [-0.39, 0.29) is 29.9 Å². The highest BCUT2D eigenvalue weighted by atomic mass is 127. The van der Waals surface area contributed by atoms with Gasteiger partial charge >= 0.3 is 0 Å². The Morgan fingerprint density at radius 3 is 2.68 bits per heavy atom. The van der Waals surface area contributed by atoms with Gasteiger partial charge in [0.25, 0.3) is 5.91 Å². The summed E-state index contributed by atoms with van der Waals surface area (Å²) in [7, 11) is 3.53. The van der Waals surface area contributed by atoms with Crippen molar-refractivity contribution in [2.75, 3.05) is 27.2 Å². The van der Waals surface area contributed by atoms with Gasteiger partial charge in [-0.3, -0.25) is 4.79 Å². The largest absolute Gasteiger partial charge is 0.357 e. The Bertz CT molecular complexity index is 775.